The van der Waals surface area contributed by atoms with Crippen LogP contribution >= 0.6 is 0 Å². The van der Waals surface area contributed by atoms with Gasteiger partial charge in [0.2, 0.25) is 0 Å². The second-order valence-electron chi connectivity index (χ2n) is 6.93. The van der Waals surface area contributed by atoms with E-state index in [2.05, 4.69) is 27.7 Å². The number of nitrogens with two attached hydrogens (primary N) is 2. The molecule has 0 heterocycles. The topological polar surface area (TPSA) is 52.0 Å². The van der Waals surface area contributed by atoms with Crippen LogP contribution in [-0.2, 0) is 0 Å². The summed E-state index contributed by atoms with van der Waals surface area (Å²) in [5, 5.41) is 0. The first-order chi connectivity index (χ1) is 9.45. The van der Waals surface area contributed by atoms with Crippen molar-refractivity contribution in [2.24, 2.45) is 11.5 Å². The molecule has 2 nitrogen and oxygen atoms in total. The van der Waals surface area contributed by atoms with Crippen LogP contribution in [0.2, 0.25) is 0 Å². The normalized spacial score (nSPS) is 12.9. The molecule has 0 aliphatic rings. The minimum Gasteiger partial charge on any atom is -0.325 e. The number of unbranched alkanes of at least 4 members (excludes halogenated alkanes) is 1. The zero-order valence-corrected chi connectivity index (χ0v) is 14.6. The van der Waals surface area contributed by atoms with Gasteiger partial charge in [0.15, 0.2) is 0 Å². The minimum atomic E-state index is 0.0796. The molecule has 0 atom stereocenters. The van der Waals surface area contributed by atoms with Gasteiger partial charge in [-0.3, -0.25) is 0 Å². The minimum absolute atomic E-state index is 0.0796. The Morgan fingerprint density at radius 3 is 0.950 bits per heavy atom. The van der Waals surface area contributed by atoms with Gasteiger partial charge in [-0.05, 0) is 38.5 Å². The van der Waals surface area contributed by atoms with E-state index in [4.69, 9.17) is 11.5 Å². The third kappa shape index (κ3) is 8.26. The largest absolute Gasteiger partial charge is 0.325 e. The van der Waals surface area contributed by atoms with Crippen LogP contribution in [0.25, 0.3) is 0 Å². The van der Waals surface area contributed by atoms with Crippen molar-refractivity contribution in [3.05, 3.63) is 0 Å². The molecule has 0 radical (unpaired) electrons. The first kappa shape index (κ1) is 19.9. The van der Waals surface area contributed by atoms with E-state index in [0.717, 1.165) is 0 Å². The average Bonchev–Trinajstić information content (AvgIpc) is 2.36. The fourth-order valence-electron chi connectivity index (χ4n) is 3.70. The number of hydrogen-bond donors (Lipinski definition) is 2. The summed E-state index contributed by atoms with van der Waals surface area (Å²) >= 11 is 0. The fraction of sp³-hybridized carbons (Fsp3) is 1.00. The lowest BCUT2D eigenvalue weighted by Gasteiger charge is -2.31. The molecule has 20 heavy (non-hydrogen) atoms. The Balaban J connectivity index is 4.13. The summed E-state index contributed by atoms with van der Waals surface area (Å²) < 4.78 is 0. The van der Waals surface area contributed by atoms with Crippen molar-refractivity contribution >= 4 is 0 Å². The zero-order chi connectivity index (χ0) is 15.5. The van der Waals surface area contributed by atoms with Gasteiger partial charge < -0.3 is 11.5 Å². The Morgan fingerprint density at radius 1 is 0.500 bits per heavy atom. The van der Waals surface area contributed by atoms with Crippen molar-refractivity contribution < 1.29 is 0 Å². The van der Waals surface area contributed by atoms with Crippen molar-refractivity contribution in [2.75, 3.05) is 0 Å². The average molecular weight is 285 g/mol. The molecule has 2 heteroatoms. The van der Waals surface area contributed by atoms with E-state index in [9.17, 15) is 0 Å². The molecule has 0 amide bonds. The van der Waals surface area contributed by atoms with Crippen molar-refractivity contribution in [2.45, 2.75) is 116 Å². The van der Waals surface area contributed by atoms with Crippen LogP contribution in [0.1, 0.15) is 105 Å². The predicted octanol–water partition coefficient (Wildman–Crippen LogP) is 5.14. The summed E-state index contributed by atoms with van der Waals surface area (Å²) in [6.45, 7) is 8.96. The fourth-order valence-corrected chi connectivity index (χ4v) is 3.70. The molecule has 0 saturated carbocycles. The van der Waals surface area contributed by atoms with E-state index in [0.29, 0.717) is 0 Å². The van der Waals surface area contributed by atoms with Crippen molar-refractivity contribution in [3.63, 3.8) is 0 Å². The highest BCUT2D eigenvalue weighted by molar-refractivity contribution is 4.86. The van der Waals surface area contributed by atoms with Gasteiger partial charge in [0.1, 0.15) is 0 Å². The van der Waals surface area contributed by atoms with Gasteiger partial charge in [0.25, 0.3) is 0 Å². The molecule has 0 aliphatic carbocycles. The second-order valence-corrected chi connectivity index (χ2v) is 6.93. The van der Waals surface area contributed by atoms with Crippen LogP contribution in [0.4, 0.5) is 0 Å². The Hall–Kier alpha value is -0.0800. The molecule has 122 valence electrons. The maximum absolute atomic E-state index is 6.56. The van der Waals surface area contributed by atoms with E-state index in [1.165, 1.54) is 77.0 Å². The molecule has 4 N–H and O–H groups in total. The lowest BCUT2D eigenvalue weighted by molar-refractivity contribution is 0.291. The van der Waals surface area contributed by atoms with Gasteiger partial charge in [0, 0.05) is 11.1 Å². The highest BCUT2D eigenvalue weighted by Gasteiger charge is 2.25. The molecule has 0 saturated heterocycles. The van der Waals surface area contributed by atoms with Gasteiger partial charge in [-0.2, -0.15) is 0 Å². The quantitative estimate of drug-likeness (QED) is 0.460. The molecular formula is C18H40N2. The van der Waals surface area contributed by atoms with Crippen LogP contribution in [-0.4, -0.2) is 11.1 Å². The van der Waals surface area contributed by atoms with E-state index < -0.39 is 0 Å². The van der Waals surface area contributed by atoms with Crippen molar-refractivity contribution in [1.82, 2.24) is 0 Å². The Kier molecular flexibility index (Phi) is 10.6. The van der Waals surface area contributed by atoms with E-state index in [-0.39, 0.29) is 11.1 Å². The highest BCUT2D eigenvalue weighted by atomic mass is 14.7. The lowest BCUT2D eigenvalue weighted by Crippen LogP contribution is -2.41. The molecular weight excluding hydrogens is 244 g/mol. The van der Waals surface area contributed by atoms with E-state index in [1.54, 1.807) is 0 Å². The van der Waals surface area contributed by atoms with Gasteiger partial charge in [-0.25, -0.2) is 0 Å². The standard InChI is InChI=1S/C18H40N2/c1-5-11-17(19,12-6-2)15-9-10-16-18(20,13-7-3)14-8-4/h5-16,19-20H2,1-4H3. The smallest absolute Gasteiger partial charge is 0.0154 e. The second kappa shape index (κ2) is 10.6. The van der Waals surface area contributed by atoms with Crippen LogP contribution in [0, 0.1) is 0 Å². The van der Waals surface area contributed by atoms with Gasteiger partial charge >= 0.3 is 0 Å². The third-order valence-electron chi connectivity index (χ3n) is 4.59. The van der Waals surface area contributed by atoms with Crippen LogP contribution < -0.4 is 11.5 Å². The van der Waals surface area contributed by atoms with E-state index >= 15 is 0 Å². The molecule has 0 aromatic rings. The summed E-state index contributed by atoms with van der Waals surface area (Å²) in [5.41, 5.74) is 13.3. The van der Waals surface area contributed by atoms with Crippen LogP contribution in [0.15, 0.2) is 0 Å². The lowest BCUT2D eigenvalue weighted by atomic mass is 9.81. The van der Waals surface area contributed by atoms with Gasteiger partial charge in [0.05, 0.1) is 0 Å². The summed E-state index contributed by atoms with van der Waals surface area (Å²) in [5.74, 6) is 0. The summed E-state index contributed by atoms with van der Waals surface area (Å²) in [4.78, 5) is 0. The first-order valence-electron chi connectivity index (χ1n) is 9.03. The molecule has 0 unspecified atom stereocenters. The maximum Gasteiger partial charge on any atom is 0.0154 e. The SMILES string of the molecule is CCCC(N)(CCC)CCCCC(N)(CCC)CCC. The number of rotatable bonds is 13. The summed E-state index contributed by atoms with van der Waals surface area (Å²) in [6.07, 6.45) is 14.3. The van der Waals surface area contributed by atoms with Crippen LogP contribution in [0.3, 0.4) is 0 Å². The summed E-state index contributed by atoms with van der Waals surface area (Å²) in [6, 6.07) is 0. The molecule has 0 bridgehead atoms. The van der Waals surface area contributed by atoms with Gasteiger partial charge in [-0.1, -0.05) is 66.2 Å². The van der Waals surface area contributed by atoms with Crippen molar-refractivity contribution in [1.29, 1.82) is 0 Å². The molecule has 0 rings (SSSR count). The van der Waals surface area contributed by atoms with Crippen LogP contribution in [0.5, 0.6) is 0 Å². The van der Waals surface area contributed by atoms with E-state index in [1.807, 2.05) is 0 Å². The Bertz CT molecular complexity index is 189. The molecule has 0 aromatic heterocycles. The Labute approximate surface area is 128 Å². The van der Waals surface area contributed by atoms with Gasteiger partial charge in [-0.15, -0.1) is 0 Å². The Morgan fingerprint density at radius 2 is 0.750 bits per heavy atom. The third-order valence-corrected chi connectivity index (χ3v) is 4.59. The molecule has 0 aliphatic heterocycles. The molecule has 0 aromatic carbocycles. The summed E-state index contributed by atoms with van der Waals surface area (Å²) in [7, 11) is 0. The number of hydrogen-bond acceptors (Lipinski definition) is 2. The molecule has 0 fully saturated rings. The highest BCUT2D eigenvalue weighted by Crippen LogP contribution is 2.27. The van der Waals surface area contributed by atoms with Crippen molar-refractivity contribution in [3.8, 4) is 0 Å². The zero-order valence-electron chi connectivity index (χ0n) is 14.6. The monoisotopic (exact) mass is 284 g/mol. The predicted molar refractivity (Wildman–Crippen MR) is 91.9 cm³/mol. The molecule has 0 spiro atoms. The first-order valence-corrected chi connectivity index (χ1v) is 9.03. The maximum atomic E-state index is 6.56.